The van der Waals surface area contributed by atoms with E-state index in [1.54, 1.807) is 4.90 Å². The molecule has 5 nitrogen and oxygen atoms in total. The Morgan fingerprint density at radius 2 is 1.80 bits per heavy atom. The highest BCUT2D eigenvalue weighted by molar-refractivity contribution is 6.39. The molecule has 0 aromatic heterocycles. The second-order valence-electron chi connectivity index (χ2n) is 7.52. The second-order valence-corrected chi connectivity index (χ2v) is 7.52. The molecule has 1 aromatic rings. The fourth-order valence-electron chi connectivity index (χ4n) is 3.40. The maximum atomic E-state index is 12.6. The molecule has 1 aromatic carbocycles. The van der Waals surface area contributed by atoms with Crippen molar-refractivity contribution in [1.29, 1.82) is 0 Å². The minimum Gasteiger partial charge on any atom is -0.396 e. The Labute approximate surface area is 150 Å². The molecule has 1 saturated heterocycles. The van der Waals surface area contributed by atoms with Gasteiger partial charge in [-0.3, -0.25) is 9.59 Å². The number of piperidine rings is 1. The number of hydrogen-bond donors (Lipinski definition) is 2. The number of carbonyl (C=O) groups excluding carboxylic acids is 2. The summed E-state index contributed by atoms with van der Waals surface area (Å²) in [7, 11) is 0. The Bertz CT molecular complexity index is 599. The van der Waals surface area contributed by atoms with Crippen molar-refractivity contribution in [2.45, 2.75) is 52.4 Å². The first-order valence-corrected chi connectivity index (χ1v) is 9.19. The molecule has 25 heavy (non-hydrogen) atoms. The molecule has 1 heterocycles. The van der Waals surface area contributed by atoms with Gasteiger partial charge in [-0.25, -0.2) is 0 Å². The van der Waals surface area contributed by atoms with Crippen LogP contribution in [-0.4, -0.2) is 41.5 Å². The molecule has 1 aliphatic rings. The number of likely N-dealkylation sites (tertiary alicyclic amines) is 1. The number of rotatable bonds is 4. The van der Waals surface area contributed by atoms with E-state index in [0.717, 1.165) is 29.7 Å². The monoisotopic (exact) mass is 346 g/mol. The van der Waals surface area contributed by atoms with Crippen LogP contribution in [0.25, 0.3) is 0 Å². The number of amides is 2. The van der Waals surface area contributed by atoms with E-state index in [1.165, 1.54) is 0 Å². The zero-order valence-corrected chi connectivity index (χ0v) is 15.7. The van der Waals surface area contributed by atoms with Crippen molar-refractivity contribution in [3.05, 3.63) is 29.3 Å². The predicted molar refractivity (Wildman–Crippen MR) is 99.6 cm³/mol. The number of aliphatic hydroxyl groups excluding tert-OH is 1. The van der Waals surface area contributed by atoms with E-state index < -0.39 is 11.8 Å². The van der Waals surface area contributed by atoms with E-state index >= 15 is 0 Å². The molecule has 1 atom stereocenters. The van der Waals surface area contributed by atoms with Gasteiger partial charge in [0.25, 0.3) is 0 Å². The van der Waals surface area contributed by atoms with Gasteiger partial charge >= 0.3 is 11.8 Å². The minimum absolute atomic E-state index is 0.0546. The first-order valence-electron chi connectivity index (χ1n) is 9.19. The molecule has 0 saturated carbocycles. The molecule has 138 valence electrons. The van der Waals surface area contributed by atoms with Crippen LogP contribution in [0, 0.1) is 5.92 Å². The Balaban J connectivity index is 2.21. The standard InChI is InChI=1S/C20H30N2O3/c1-13(2)16-8-5-9-17(14(3)4)18(16)21-19(24)20(25)22-10-6-7-15(11-22)12-23/h5,8-9,13-15,23H,6-7,10-12H2,1-4H3,(H,21,24). The lowest BCUT2D eigenvalue weighted by Gasteiger charge is -2.31. The van der Waals surface area contributed by atoms with E-state index in [9.17, 15) is 14.7 Å². The molecular weight excluding hydrogens is 316 g/mol. The average Bonchev–Trinajstić information content (AvgIpc) is 2.60. The summed E-state index contributed by atoms with van der Waals surface area (Å²) in [6.45, 7) is 9.39. The molecule has 0 bridgehead atoms. The Morgan fingerprint density at radius 3 is 2.32 bits per heavy atom. The van der Waals surface area contributed by atoms with Crippen LogP contribution >= 0.6 is 0 Å². The number of benzene rings is 1. The number of nitrogens with one attached hydrogen (secondary N) is 1. The van der Waals surface area contributed by atoms with Gasteiger partial charge in [-0.2, -0.15) is 0 Å². The number of aliphatic hydroxyl groups is 1. The van der Waals surface area contributed by atoms with Crippen molar-refractivity contribution in [2.24, 2.45) is 5.92 Å². The number of hydrogen-bond acceptors (Lipinski definition) is 3. The van der Waals surface area contributed by atoms with Crippen LogP contribution in [0.3, 0.4) is 0 Å². The Kier molecular flexibility index (Phi) is 6.59. The van der Waals surface area contributed by atoms with Crippen molar-refractivity contribution < 1.29 is 14.7 Å². The van der Waals surface area contributed by atoms with Crippen molar-refractivity contribution in [2.75, 3.05) is 25.0 Å². The third kappa shape index (κ3) is 4.60. The highest BCUT2D eigenvalue weighted by atomic mass is 16.3. The smallest absolute Gasteiger partial charge is 0.313 e. The molecule has 2 amide bonds. The summed E-state index contributed by atoms with van der Waals surface area (Å²) in [5.74, 6) is -0.532. The first-order chi connectivity index (χ1) is 11.8. The van der Waals surface area contributed by atoms with Gasteiger partial charge in [-0.05, 0) is 41.7 Å². The number of anilines is 1. The molecule has 1 aliphatic heterocycles. The van der Waals surface area contributed by atoms with E-state index in [0.29, 0.717) is 13.1 Å². The van der Waals surface area contributed by atoms with Crippen molar-refractivity contribution in [1.82, 2.24) is 4.90 Å². The quantitative estimate of drug-likeness (QED) is 0.823. The van der Waals surface area contributed by atoms with E-state index in [2.05, 4.69) is 33.0 Å². The molecule has 0 radical (unpaired) electrons. The van der Waals surface area contributed by atoms with E-state index in [1.807, 2.05) is 18.2 Å². The van der Waals surface area contributed by atoms with Crippen LogP contribution in [-0.2, 0) is 9.59 Å². The van der Waals surface area contributed by atoms with Gasteiger partial charge in [0.05, 0.1) is 0 Å². The van der Waals surface area contributed by atoms with Gasteiger partial charge in [0.1, 0.15) is 0 Å². The zero-order valence-electron chi connectivity index (χ0n) is 15.7. The molecule has 1 unspecified atom stereocenters. The summed E-state index contributed by atoms with van der Waals surface area (Å²) < 4.78 is 0. The van der Waals surface area contributed by atoms with Gasteiger partial charge in [0, 0.05) is 25.4 Å². The lowest BCUT2D eigenvalue weighted by atomic mass is 9.92. The zero-order chi connectivity index (χ0) is 18.6. The summed E-state index contributed by atoms with van der Waals surface area (Å²) in [4.78, 5) is 26.7. The molecule has 0 aliphatic carbocycles. The van der Waals surface area contributed by atoms with Crippen molar-refractivity contribution in [3.8, 4) is 0 Å². The topological polar surface area (TPSA) is 69.6 Å². The Hall–Kier alpha value is -1.88. The van der Waals surface area contributed by atoms with Gasteiger partial charge in [0.2, 0.25) is 0 Å². The van der Waals surface area contributed by atoms with Gasteiger partial charge in [-0.1, -0.05) is 45.9 Å². The average molecular weight is 346 g/mol. The van der Waals surface area contributed by atoms with Crippen LogP contribution in [0.15, 0.2) is 18.2 Å². The van der Waals surface area contributed by atoms with Crippen LogP contribution in [0.2, 0.25) is 0 Å². The fourth-order valence-corrected chi connectivity index (χ4v) is 3.40. The number of carbonyl (C=O) groups is 2. The highest BCUT2D eigenvalue weighted by Gasteiger charge is 2.28. The van der Waals surface area contributed by atoms with Gasteiger partial charge < -0.3 is 15.3 Å². The van der Waals surface area contributed by atoms with E-state index in [-0.39, 0.29) is 24.4 Å². The molecule has 1 fully saturated rings. The third-order valence-corrected chi connectivity index (χ3v) is 4.87. The van der Waals surface area contributed by atoms with Crippen LogP contribution in [0.4, 0.5) is 5.69 Å². The lowest BCUT2D eigenvalue weighted by molar-refractivity contribution is -0.144. The normalized spacial score (nSPS) is 17.9. The van der Waals surface area contributed by atoms with Crippen molar-refractivity contribution >= 4 is 17.5 Å². The van der Waals surface area contributed by atoms with Crippen LogP contribution in [0.5, 0.6) is 0 Å². The predicted octanol–water partition coefficient (Wildman–Crippen LogP) is 3.10. The minimum atomic E-state index is -0.589. The van der Waals surface area contributed by atoms with Crippen LogP contribution < -0.4 is 5.32 Å². The number of nitrogens with zero attached hydrogens (tertiary/aromatic N) is 1. The SMILES string of the molecule is CC(C)c1cccc(C(C)C)c1NC(=O)C(=O)N1CCCC(CO)C1. The third-order valence-electron chi connectivity index (χ3n) is 4.87. The summed E-state index contributed by atoms with van der Waals surface area (Å²) in [5.41, 5.74) is 2.85. The first kappa shape index (κ1) is 19.4. The highest BCUT2D eigenvalue weighted by Crippen LogP contribution is 2.32. The summed E-state index contributed by atoms with van der Waals surface area (Å²) in [6, 6.07) is 6.00. The largest absolute Gasteiger partial charge is 0.396 e. The van der Waals surface area contributed by atoms with E-state index in [4.69, 9.17) is 0 Å². The molecule has 2 N–H and O–H groups in total. The maximum Gasteiger partial charge on any atom is 0.313 e. The maximum absolute atomic E-state index is 12.6. The van der Waals surface area contributed by atoms with Crippen LogP contribution in [0.1, 0.15) is 63.5 Å². The molecule has 2 rings (SSSR count). The molecular formula is C20H30N2O3. The molecule has 5 heteroatoms. The summed E-state index contributed by atoms with van der Waals surface area (Å²) >= 11 is 0. The molecule has 0 spiro atoms. The van der Waals surface area contributed by atoms with Gasteiger partial charge in [0.15, 0.2) is 0 Å². The van der Waals surface area contributed by atoms with Gasteiger partial charge in [-0.15, -0.1) is 0 Å². The summed E-state index contributed by atoms with van der Waals surface area (Å²) in [6.07, 6.45) is 1.72. The second kappa shape index (κ2) is 8.48. The number of para-hydroxylation sites is 1. The lowest BCUT2D eigenvalue weighted by Crippen LogP contribution is -2.46. The summed E-state index contributed by atoms with van der Waals surface area (Å²) in [5, 5.41) is 12.2. The van der Waals surface area contributed by atoms with Crippen molar-refractivity contribution in [3.63, 3.8) is 0 Å². The Morgan fingerprint density at radius 1 is 1.20 bits per heavy atom. The fraction of sp³-hybridized carbons (Fsp3) is 0.600.